The first-order valence-electron chi connectivity index (χ1n) is 9.43. The Morgan fingerprint density at radius 1 is 0.759 bits per heavy atom. The lowest BCUT2D eigenvalue weighted by molar-refractivity contribution is -0.132. The van der Waals surface area contributed by atoms with Gasteiger partial charge in [0.05, 0.1) is 19.6 Å². The van der Waals surface area contributed by atoms with Gasteiger partial charge in [-0.1, -0.05) is 36.4 Å². The molecule has 0 radical (unpaired) electrons. The van der Waals surface area contributed by atoms with Gasteiger partial charge in [0.25, 0.3) is 0 Å². The molecule has 0 heterocycles. The van der Waals surface area contributed by atoms with Crippen molar-refractivity contribution in [3.8, 4) is 11.5 Å². The number of ether oxygens (including phenoxy) is 2. The van der Waals surface area contributed by atoms with E-state index in [1.807, 2.05) is 38.1 Å². The zero-order valence-corrected chi connectivity index (χ0v) is 17.9. The Balaban J connectivity index is 2.13. The summed E-state index contributed by atoms with van der Waals surface area (Å²) in [4.78, 5) is 25.3. The van der Waals surface area contributed by atoms with Crippen LogP contribution in [0.2, 0.25) is 0 Å². The molecule has 29 heavy (non-hydrogen) atoms. The molecule has 0 saturated carbocycles. The predicted octanol–water partition coefficient (Wildman–Crippen LogP) is 5.21. The maximum absolute atomic E-state index is 12.7. The first-order valence-corrected chi connectivity index (χ1v) is 9.43. The van der Waals surface area contributed by atoms with Crippen molar-refractivity contribution in [2.24, 2.45) is 5.41 Å². The van der Waals surface area contributed by atoms with E-state index in [0.29, 0.717) is 11.5 Å². The molecule has 152 valence electrons. The fourth-order valence-electron chi connectivity index (χ4n) is 2.71. The number of benzene rings is 2. The molecule has 0 aromatic heterocycles. The Bertz CT molecular complexity index is 965. The number of ketones is 2. The van der Waals surface area contributed by atoms with Gasteiger partial charge in [-0.15, -0.1) is 0 Å². The van der Waals surface area contributed by atoms with Crippen molar-refractivity contribution in [3.63, 3.8) is 0 Å². The zero-order chi connectivity index (χ0) is 21.6. The molecule has 0 aliphatic heterocycles. The van der Waals surface area contributed by atoms with Gasteiger partial charge < -0.3 is 9.47 Å². The molecule has 2 aromatic carbocycles. The summed E-state index contributed by atoms with van der Waals surface area (Å²) in [7, 11) is 3.12. The van der Waals surface area contributed by atoms with Gasteiger partial charge in [-0.3, -0.25) is 9.59 Å². The summed E-state index contributed by atoms with van der Waals surface area (Å²) < 4.78 is 10.5. The average Bonchev–Trinajstić information content (AvgIpc) is 2.72. The van der Waals surface area contributed by atoms with Crippen LogP contribution in [-0.2, 0) is 9.59 Å². The minimum absolute atomic E-state index is 0.238. The SMILES string of the molecule is COc1ccc(/C=C/C(=O)C(C)(C)C(=O)/C=C/c2ccc(C)c(C)c2)cc1OC. The number of aryl methyl sites for hydroxylation is 2. The van der Waals surface area contributed by atoms with Gasteiger partial charge in [0.15, 0.2) is 23.1 Å². The predicted molar refractivity (Wildman–Crippen MR) is 117 cm³/mol. The monoisotopic (exact) mass is 392 g/mol. The summed E-state index contributed by atoms with van der Waals surface area (Å²) in [6, 6.07) is 11.4. The van der Waals surface area contributed by atoms with Crippen LogP contribution >= 0.6 is 0 Å². The molecule has 0 saturated heterocycles. The molecule has 0 aliphatic carbocycles. The molecule has 2 aromatic rings. The average molecular weight is 392 g/mol. The number of carbonyl (C=O) groups is 2. The Morgan fingerprint density at radius 3 is 1.79 bits per heavy atom. The topological polar surface area (TPSA) is 52.6 Å². The van der Waals surface area contributed by atoms with Gasteiger partial charge in [0.2, 0.25) is 0 Å². The van der Waals surface area contributed by atoms with Crippen molar-refractivity contribution >= 4 is 23.7 Å². The Hall–Kier alpha value is -3.14. The van der Waals surface area contributed by atoms with Crippen LogP contribution in [0.15, 0.2) is 48.6 Å². The molecular weight excluding hydrogens is 364 g/mol. The molecule has 0 unspecified atom stereocenters. The maximum Gasteiger partial charge on any atom is 0.169 e. The second-order valence-electron chi connectivity index (χ2n) is 7.48. The van der Waals surface area contributed by atoms with E-state index in [1.54, 1.807) is 52.4 Å². The van der Waals surface area contributed by atoms with E-state index in [1.165, 1.54) is 17.7 Å². The number of hydrogen-bond acceptors (Lipinski definition) is 4. The first-order chi connectivity index (χ1) is 13.7. The van der Waals surface area contributed by atoms with Gasteiger partial charge in [-0.2, -0.15) is 0 Å². The first kappa shape index (κ1) is 22.2. The van der Waals surface area contributed by atoms with E-state index < -0.39 is 5.41 Å². The summed E-state index contributed by atoms with van der Waals surface area (Å²) in [6.45, 7) is 7.35. The molecule has 0 N–H and O–H groups in total. The van der Waals surface area contributed by atoms with Crippen molar-refractivity contribution in [2.75, 3.05) is 14.2 Å². The third-order valence-corrected chi connectivity index (χ3v) is 5.02. The van der Waals surface area contributed by atoms with Crippen LogP contribution in [0.25, 0.3) is 12.2 Å². The van der Waals surface area contributed by atoms with Gasteiger partial charge in [0.1, 0.15) is 0 Å². The third-order valence-electron chi connectivity index (χ3n) is 5.02. The molecule has 0 spiro atoms. The van der Waals surface area contributed by atoms with E-state index in [2.05, 4.69) is 0 Å². The van der Waals surface area contributed by atoms with Crippen LogP contribution in [0.5, 0.6) is 11.5 Å². The molecule has 0 fully saturated rings. The molecule has 2 rings (SSSR count). The highest BCUT2D eigenvalue weighted by atomic mass is 16.5. The molecule has 0 atom stereocenters. The number of methoxy groups -OCH3 is 2. The Morgan fingerprint density at radius 2 is 1.28 bits per heavy atom. The minimum Gasteiger partial charge on any atom is -0.493 e. The lowest BCUT2D eigenvalue weighted by Crippen LogP contribution is -2.30. The van der Waals surface area contributed by atoms with Crippen LogP contribution in [-0.4, -0.2) is 25.8 Å². The van der Waals surface area contributed by atoms with E-state index in [-0.39, 0.29) is 11.6 Å². The molecule has 4 nitrogen and oxygen atoms in total. The summed E-state index contributed by atoms with van der Waals surface area (Å²) in [5.74, 6) is 0.691. The summed E-state index contributed by atoms with van der Waals surface area (Å²) in [5, 5.41) is 0. The van der Waals surface area contributed by atoms with Crippen molar-refractivity contribution in [1.29, 1.82) is 0 Å². The highest BCUT2D eigenvalue weighted by Gasteiger charge is 2.32. The van der Waals surface area contributed by atoms with Gasteiger partial charge in [0, 0.05) is 0 Å². The summed E-state index contributed by atoms with van der Waals surface area (Å²) in [6.07, 6.45) is 6.34. The fraction of sp³-hybridized carbons (Fsp3) is 0.280. The standard InChI is InChI=1S/C25H28O4/c1-17-7-8-19(15-18(17)2)10-13-23(26)25(3,4)24(27)14-11-20-9-12-21(28-5)22(16-20)29-6/h7-16H,1-6H3/b13-10+,14-11+. The van der Waals surface area contributed by atoms with Crippen LogP contribution in [0.3, 0.4) is 0 Å². The largest absolute Gasteiger partial charge is 0.493 e. The van der Waals surface area contributed by atoms with E-state index >= 15 is 0 Å². The maximum atomic E-state index is 12.7. The molecule has 0 bridgehead atoms. The smallest absolute Gasteiger partial charge is 0.169 e. The zero-order valence-electron chi connectivity index (χ0n) is 17.9. The van der Waals surface area contributed by atoms with Gasteiger partial charge in [-0.05, 0) is 74.2 Å². The lowest BCUT2D eigenvalue weighted by atomic mass is 9.82. The normalized spacial score (nSPS) is 11.8. The lowest BCUT2D eigenvalue weighted by Gasteiger charge is -2.17. The fourth-order valence-corrected chi connectivity index (χ4v) is 2.71. The summed E-state index contributed by atoms with van der Waals surface area (Å²) in [5.41, 5.74) is 2.93. The van der Waals surface area contributed by atoms with E-state index in [0.717, 1.165) is 16.7 Å². The highest BCUT2D eigenvalue weighted by Crippen LogP contribution is 2.28. The highest BCUT2D eigenvalue weighted by molar-refractivity contribution is 6.16. The number of hydrogen-bond donors (Lipinski definition) is 0. The summed E-state index contributed by atoms with van der Waals surface area (Å²) >= 11 is 0. The second-order valence-corrected chi connectivity index (χ2v) is 7.48. The van der Waals surface area contributed by atoms with Gasteiger partial charge in [-0.25, -0.2) is 0 Å². The van der Waals surface area contributed by atoms with Crippen molar-refractivity contribution in [2.45, 2.75) is 27.7 Å². The van der Waals surface area contributed by atoms with E-state index in [9.17, 15) is 9.59 Å². The molecular formula is C25H28O4. The van der Waals surface area contributed by atoms with Crippen LogP contribution in [0.4, 0.5) is 0 Å². The Labute approximate surface area is 172 Å². The number of rotatable bonds is 8. The third kappa shape index (κ3) is 5.44. The van der Waals surface area contributed by atoms with Crippen molar-refractivity contribution in [1.82, 2.24) is 0 Å². The van der Waals surface area contributed by atoms with Crippen LogP contribution in [0.1, 0.15) is 36.1 Å². The minimum atomic E-state index is -1.15. The molecule has 0 amide bonds. The molecule has 4 heteroatoms. The number of allylic oxidation sites excluding steroid dienone is 2. The second kappa shape index (κ2) is 9.37. The molecule has 0 aliphatic rings. The quantitative estimate of drug-likeness (QED) is 0.457. The van der Waals surface area contributed by atoms with Crippen LogP contribution in [0, 0.1) is 19.3 Å². The van der Waals surface area contributed by atoms with Crippen molar-refractivity contribution in [3.05, 3.63) is 70.8 Å². The van der Waals surface area contributed by atoms with Crippen molar-refractivity contribution < 1.29 is 19.1 Å². The van der Waals surface area contributed by atoms with Gasteiger partial charge >= 0.3 is 0 Å². The van der Waals surface area contributed by atoms with E-state index in [4.69, 9.17) is 9.47 Å². The number of carbonyl (C=O) groups excluding carboxylic acids is 2. The van der Waals surface area contributed by atoms with Crippen LogP contribution < -0.4 is 9.47 Å². The Kier molecular flexibility index (Phi) is 7.16.